The molecule has 1 N–H and O–H groups in total. The third-order valence-electron chi connectivity index (χ3n) is 7.80. The van der Waals surface area contributed by atoms with Gasteiger partial charge in [-0.2, -0.15) is 0 Å². The molecule has 0 aliphatic carbocycles. The van der Waals surface area contributed by atoms with Gasteiger partial charge in [-0.3, -0.25) is 4.79 Å². The van der Waals surface area contributed by atoms with Crippen LogP contribution in [0.15, 0.2) is 121 Å². The highest BCUT2D eigenvalue weighted by atomic mass is 16.7. The molecule has 0 bridgehead atoms. The Morgan fingerprint density at radius 1 is 0.529 bits per heavy atom. The summed E-state index contributed by atoms with van der Waals surface area (Å²) in [5.41, 5.74) is 0.741. The third kappa shape index (κ3) is 10.3. The molecule has 5 atom stereocenters. The summed E-state index contributed by atoms with van der Waals surface area (Å²) in [5, 5.41) is 9.07. The molecule has 51 heavy (non-hydrogen) atoms. The maximum absolute atomic E-state index is 13.6. The van der Waals surface area contributed by atoms with Gasteiger partial charge in [0, 0.05) is 13.0 Å². The maximum Gasteiger partial charge on any atom is 0.338 e. The smallest absolute Gasteiger partial charge is 0.338 e. The Hall–Kier alpha value is -5.85. The van der Waals surface area contributed by atoms with Crippen LogP contribution in [0, 0.1) is 0 Å². The van der Waals surface area contributed by atoms with Gasteiger partial charge in [0.15, 0.2) is 24.6 Å². The first-order chi connectivity index (χ1) is 24.8. The van der Waals surface area contributed by atoms with Crippen molar-refractivity contribution < 1.29 is 57.5 Å². The van der Waals surface area contributed by atoms with Crippen molar-refractivity contribution in [2.45, 2.75) is 50.0 Å². The number of carboxylic acid groups (broad SMARTS) is 1. The van der Waals surface area contributed by atoms with Crippen molar-refractivity contribution in [3.05, 3.63) is 144 Å². The van der Waals surface area contributed by atoms with E-state index >= 15 is 0 Å². The van der Waals surface area contributed by atoms with Crippen molar-refractivity contribution in [1.82, 2.24) is 0 Å². The van der Waals surface area contributed by atoms with Crippen LogP contribution in [-0.4, -0.2) is 78.9 Å². The van der Waals surface area contributed by atoms with Crippen LogP contribution in [0.1, 0.15) is 60.7 Å². The van der Waals surface area contributed by atoms with E-state index in [0.29, 0.717) is 6.42 Å². The first-order valence-corrected chi connectivity index (χ1v) is 16.3. The average Bonchev–Trinajstić information content (AvgIpc) is 3.16. The number of carbonyl (C=O) groups is 5. The molecule has 0 amide bonds. The second-order valence-corrected chi connectivity index (χ2v) is 11.4. The van der Waals surface area contributed by atoms with Gasteiger partial charge in [-0.1, -0.05) is 72.8 Å². The van der Waals surface area contributed by atoms with Gasteiger partial charge < -0.3 is 33.5 Å². The highest BCUT2D eigenvalue weighted by Crippen LogP contribution is 2.32. The summed E-state index contributed by atoms with van der Waals surface area (Å²) < 4.78 is 35.8. The Kier molecular flexibility index (Phi) is 13.0. The Bertz CT molecular complexity index is 1750. The van der Waals surface area contributed by atoms with E-state index in [1.165, 1.54) is 36.4 Å². The number of unbranched alkanes of at least 4 members (excludes halogenated alkanes) is 1. The molecule has 12 nitrogen and oxygen atoms in total. The highest BCUT2D eigenvalue weighted by Gasteiger charge is 2.53. The minimum atomic E-state index is -1.55. The number of carboxylic acids is 1. The lowest BCUT2D eigenvalue weighted by Crippen LogP contribution is -2.63. The molecule has 264 valence electrons. The topological polar surface area (TPSA) is 161 Å². The highest BCUT2D eigenvalue weighted by molar-refractivity contribution is 5.91. The normalized spacial score (nSPS) is 19.6. The van der Waals surface area contributed by atoms with Crippen LogP contribution in [0.5, 0.6) is 0 Å². The summed E-state index contributed by atoms with van der Waals surface area (Å²) in [6.07, 6.45) is -6.82. The lowest BCUT2D eigenvalue weighted by molar-refractivity contribution is -0.298. The van der Waals surface area contributed by atoms with E-state index in [1.807, 2.05) is 0 Å². The summed E-state index contributed by atoms with van der Waals surface area (Å²) in [5.74, 6) is -4.13. The molecule has 4 aromatic rings. The van der Waals surface area contributed by atoms with Crippen molar-refractivity contribution >= 4 is 29.8 Å². The molecule has 0 aromatic heterocycles. The SMILES string of the molecule is O=C(O)CCCCO[C@H]1OC(COC(=O)c2ccccc2)[C@@H](OC(=O)c2ccccc2)[C@H](OC(=O)c2ccccc2)C1OC(=O)c1ccccc1. The van der Waals surface area contributed by atoms with E-state index in [-0.39, 0.29) is 41.7 Å². The number of benzene rings is 4. The van der Waals surface area contributed by atoms with Crippen LogP contribution < -0.4 is 0 Å². The minimum absolute atomic E-state index is 0.0400. The van der Waals surface area contributed by atoms with Crippen LogP contribution in [0.2, 0.25) is 0 Å². The van der Waals surface area contributed by atoms with Gasteiger partial charge >= 0.3 is 29.8 Å². The minimum Gasteiger partial charge on any atom is -0.481 e. The van der Waals surface area contributed by atoms with Crippen LogP contribution in [0.4, 0.5) is 0 Å². The van der Waals surface area contributed by atoms with Gasteiger partial charge in [-0.05, 0) is 61.4 Å². The summed E-state index contributed by atoms with van der Waals surface area (Å²) in [6, 6.07) is 32.3. The first-order valence-electron chi connectivity index (χ1n) is 16.3. The number of aliphatic carboxylic acids is 1. The summed E-state index contributed by atoms with van der Waals surface area (Å²) in [7, 11) is 0. The van der Waals surface area contributed by atoms with E-state index < -0.39 is 67.2 Å². The summed E-state index contributed by atoms with van der Waals surface area (Å²) >= 11 is 0. The van der Waals surface area contributed by atoms with E-state index in [4.69, 9.17) is 33.5 Å². The van der Waals surface area contributed by atoms with E-state index in [1.54, 1.807) is 84.9 Å². The third-order valence-corrected chi connectivity index (χ3v) is 7.80. The monoisotopic (exact) mass is 696 g/mol. The zero-order valence-electron chi connectivity index (χ0n) is 27.4. The molecular formula is C39H36O12. The average molecular weight is 697 g/mol. The molecule has 5 rings (SSSR count). The molecule has 0 spiro atoms. The Morgan fingerprint density at radius 3 is 1.39 bits per heavy atom. The lowest BCUT2D eigenvalue weighted by Gasteiger charge is -2.44. The van der Waals surface area contributed by atoms with Crippen LogP contribution in [-0.2, 0) is 33.2 Å². The van der Waals surface area contributed by atoms with E-state index in [2.05, 4.69) is 0 Å². The molecule has 1 fully saturated rings. The fourth-order valence-corrected chi connectivity index (χ4v) is 5.24. The van der Waals surface area contributed by atoms with Crippen molar-refractivity contribution in [1.29, 1.82) is 0 Å². The number of ether oxygens (including phenoxy) is 6. The number of hydrogen-bond donors (Lipinski definition) is 1. The van der Waals surface area contributed by atoms with Crippen molar-refractivity contribution in [2.75, 3.05) is 13.2 Å². The van der Waals surface area contributed by atoms with Gasteiger partial charge in [0.05, 0.1) is 22.3 Å². The van der Waals surface area contributed by atoms with Crippen molar-refractivity contribution in [2.24, 2.45) is 0 Å². The second kappa shape index (κ2) is 18.2. The number of esters is 4. The van der Waals surface area contributed by atoms with Crippen LogP contribution >= 0.6 is 0 Å². The quantitative estimate of drug-likeness (QED) is 0.0944. The Balaban J connectivity index is 1.52. The van der Waals surface area contributed by atoms with E-state index in [0.717, 1.165) is 0 Å². The molecule has 0 radical (unpaired) electrons. The van der Waals surface area contributed by atoms with Crippen molar-refractivity contribution in [3.8, 4) is 0 Å². The zero-order valence-corrected chi connectivity index (χ0v) is 27.4. The molecule has 0 saturated carbocycles. The number of carbonyl (C=O) groups excluding carboxylic acids is 4. The maximum atomic E-state index is 13.6. The van der Waals surface area contributed by atoms with Crippen LogP contribution in [0.25, 0.3) is 0 Å². The lowest BCUT2D eigenvalue weighted by atomic mass is 9.97. The fourth-order valence-electron chi connectivity index (χ4n) is 5.24. The molecule has 1 aliphatic rings. The molecule has 1 aliphatic heterocycles. The summed E-state index contributed by atoms with van der Waals surface area (Å²) in [4.78, 5) is 64.7. The van der Waals surface area contributed by atoms with Gasteiger partial charge in [0.25, 0.3) is 0 Å². The molecule has 1 saturated heterocycles. The van der Waals surface area contributed by atoms with Gasteiger partial charge in [-0.15, -0.1) is 0 Å². The molecule has 1 heterocycles. The van der Waals surface area contributed by atoms with Gasteiger partial charge in [-0.25, -0.2) is 19.2 Å². The molecule has 12 heteroatoms. The van der Waals surface area contributed by atoms with Crippen molar-refractivity contribution in [3.63, 3.8) is 0 Å². The summed E-state index contributed by atoms with van der Waals surface area (Å²) in [6.45, 7) is -0.528. The first kappa shape index (κ1) is 36.4. The van der Waals surface area contributed by atoms with Crippen LogP contribution in [0.3, 0.4) is 0 Å². The molecular weight excluding hydrogens is 660 g/mol. The molecule has 2 unspecified atom stereocenters. The standard InChI is InChI=1S/C39H36O12/c40-31(41)23-13-14-24-46-39-34(51-38(45)29-21-11-4-12-22-29)33(50-37(44)28-19-9-3-10-20-28)32(49-36(43)27-17-7-2-8-18-27)30(48-39)25-47-35(42)26-15-5-1-6-16-26/h1-12,15-22,30,32-34,39H,13-14,23-25H2,(H,40,41)/t30?,32-,33+,34?,39+/m1/s1. The second-order valence-electron chi connectivity index (χ2n) is 11.4. The zero-order chi connectivity index (χ0) is 36.0. The Morgan fingerprint density at radius 2 is 0.941 bits per heavy atom. The molecule has 4 aromatic carbocycles. The van der Waals surface area contributed by atoms with Gasteiger partial charge in [0.1, 0.15) is 12.7 Å². The van der Waals surface area contributed by atoms with E-state index in [9.17, 15) is 24.0 Å². The number of rotatable bonds is 15. The number of hydrogen-bond acceptors (Lipinski definition) is 11. The predicted octanol–water partition coefficient (Wildman–Crippen LogP) is 5.52. The predicted molar refractivity (Wildman–Crippen MR) is 180 cm³/mol. The fraction of sp³-hybridized carbons (Fsp3) is 0.256. The van der Waals surface area contributed by atoms with Gasteiger partial charge in [0.2, 0.25) is 0 Å². The largest absolute Gasteiger partial charge is 0.481 e. The Labute approximate surface area is 293 Å².